The highest BCUT2D eigenvalue weighted by atomic mass is 16.3. The van der Waals surface area contributed by atoms with E-state index >= 15 is 0 Å². The average molecular weight is 412 g/mol. The number of nitrogens with one attached hydrogen (secondary N) is 1. The zero-order chi connectivity index (χ0) is 21.6. The number of benzene rings is 3. The summed E-state index contributed by atoms with van der Waals surface area (Å²) in [7, 11) is 0. The Morgan fingerprint density at radius 3 is 2.48 bits per heavy atom. The van der Waals surface area contributed by atoms with E-state index in [0.717, 1.165) is 28.6 Å². The fourth-order valence-electron chi connectivity index (χ4n) is 3.57. The number of rotatable bonds is 7. The van der Waals surface area contributed by atoms with Gasteiger partial charge >= 0.3 is 0 Å². The minimum Gasteiger partial charge on any atom is -0.493 e. The molecular formula is C25H24N4O2. The van der Waals surface area contributed by atoms with E-state index in [4.69, 9.17) is 0 Å². The molecular weight excluding hydrogens is 388 g/mol. The van der Waals surface area contributed by atoms with E-state index in [-0.39, 0.29) is 12.4 Å². The fourth-order valence-corrected chi connectivity index (χ4v) is 3.57. The van der Waals surface area contributed by atoms with Crippen molar-refractivity contribution in [3.05, 3.63) is 90.0 Å². The van der Waals surface area contributed by atoms with Crippen molar-refractivity contribution in [3.8, 4) is 5.88 Å². The second-order valence-corrected chi connectivity index (χ2v) is 7.34. The Hall–Kier alpha value is -3.93. The van der Waals surface area contributed by atoms with Crippen molar-refractivity contribution in [3.63, 3.8) is 0 Å². The lowest BCUT2D eigenvalue weighted by molar-refractivity contribution is -0.116. The maximum Gasteiger partial charge on any atom is 0.283 e. The molecule has 1 amide bonds. The average Bonchev–Trinajstić information content (AvgIpc) is 3.07. The van der Waals surface area contributed by atoms with Crippen molar-refractivity contribution in [1.29, 1.82) is 0 Å². The number of aromatic nitrogens is 1. The quantitative estimate of drug-likeness (QED) is 0.387. The molecule has 0 unspecified atom stereocenters. The van der Waals surface area contributed by atoms with Gasteiger partial charge < -0.3 is 15.0 Å². The number of para-hydroxylation sites is 2. The smallest absolute Gasteiger partial charge is 0.283 e. The number of carbonyl (C=O) groups excluding carboxylic acids is 1. The molecule has 3 aromatic carbocycles. The molecule has 31 heavy (non-hydrogen) atoms. The van der Waals surface area contributed by atoms with Gasteiger partial charge in [0, 0.05) is 17.6 Å². The zero-order valence-electron chi connectivity index (χ0n) is 17.3. The number of nitrogens with zero attached hydrogens (tertiary/aromatic N) is 3. The summed E-state index contributed by atoms with van der Waals surface area (Å²) < 4.78 is 1.81. The third kappa shape index (κ3) is 4.64. The van der Waals surface area contributed by atoms with E-state index < -0.39 is 5.91 Å². The molecule has 6 nitrogen and oxygen atoms in total. The van der Waals surface area contributed by atoms with E-state index in [1.807, 2.05) is 78.2 Å². The molecule has 2 N–H and O–H groups in total. The first-order valence-corrected chi connectivity index (χ1v) is 10.2. The van der Waals surface area contributed by atoms with Gasteiger partial charge in [-0.15, -0.1) is 10.2 Å². The predicted molar refractivity (Wildman–Crippen MR) is 123 cm³/mol. The first-order valence-electron chi connectivity index (χ1n) is 10.2. The molecule has 0 fully saturated rings. The molecule has 6 heteroatoms. The maximum atomic E-state index is 12.3. The van der Waals surface area contributed by atoms with Crippen molar-refractivity contribution in [2.24, 2.45) is 10.2 Å². The number of hydrogen-bond acceptors (Lipinski definition) is 4. The molecule has 0 bridgehead atoms. The van der Waals surface area contributed by atoms with Crippen LogP contribution in [0.3, 0.4) is 0 Å². The number of anilines is 1. The molecule has 1 heterocycles. The van der Waals surface area contributed by atoms with Gasteiger partial charge in [0.1, 0.15) is 0 Å². The van der Waals surface area contributed by atoms with Crippen LogP contribution in [0, 0.1) is 6.92 Å². The molecule has 4 aromatic rings. The van der Waals surface area contributed by atoms with E-state index in [0.29, 0.717) is 12.2 Å². The standard InChI is InChI=1S/C25H24N4O2/c1-18-9-5-7-13-21(18)26-17-23(30)27-28-24-20-12-6-8-14-22(20)29(25(24)31)16-15-19-10-3-2-4-11-19/h2-14,26,31H,15-17H2,1H3. The molecule has 0 saturated heterocycles. The minimum absolute atomic E-state index is 0.0144. The van der Waals surface area contributed by atoms with Gasteiger partial charge in [0.2, 0.25) is 5.88 Å². The summed E-state index contributed by atoms with van der Waals surface area (Å²) in [5, 5.41) is 22.6. The first-order chi connectivity index (χ1) is 15.1. The van der Waals surface area contributed by atoms with Gasteiger partial charge in [-0.2, -0.15) is 0 Å². The Balaban J connectivity index is 1.52. The fraction of sp³-hybridized carbons (Fsp3) is 0.160. The number of hydrogen-bond donors (Lipinski definition) is 2. The highest BCUT2D eigenvalue weighted by Gasteiger charge is 2.16. The Morgan fingerprint density at radius 1 is 0.968 bits per heavy atom. The van der Waals surface area contributed by atoms with Crippen LogP contribution in [0.15, 0.2) is 89.1 Å². The van der Waals surface area contributed by atoms with Gasteiger partial charge in [-0.1, -0.05) is 66.7 Å². The number of azo groups is 1. The topological polar surface area (TPSA) is 79.0 Å². The Morgan fingerprint density at radius 2 is 1.68 bits per heavy atom. The van der Waals surface area contributed by atoms with Crippen molar-refractivity contribution < 1.29 is 9.90 Å². The maximum absolute atomic E-state index is 12.3. The third-order valence-electron chi connectivity index (χ3n) is 5.22. The Bertz CT molecular complexity index is 1230. The van der Waals surface area contributed by atoms with Crippen molar-refractivity contribution >= 4 is 28.2 Å². The lowest BCUT2D eigenvalue weighted by Crippen LogP contribution is -2.11. The van der Waals surface area contributed by atoms with Crippen LogP contribution in [-0.4, -0.2) is 22.1 Å². The molecule has 0 spiro atoms. The molecule has 4 rings (SSSR count). The SMILES string of the molecule is Cc1ccccc1NCC(=O)N=Nc1c(O)n(CCc2ccccc2)c2ccccc12. The summed E-state index contributed by atoms with van der Waals surface area (Å²) >= 11 is 0. The van der Waals surface area contributed by atoms with E-state index in [1.54, 1.807) is 0 Å². The van der Waals surface area contributed by atoms with Gasteiger partial charge in [0.05, 0.1) is 12.1 Å². The molecule has 0 aliphatic carbocycles. The van der Waals surface area contributed by atoms with Crippen LogP contribution >= 0.6 is 0 Å². The third-order valence-corrected chi connectivity index (χ3v) is 5.22. The number of fused-ring (bicyclic) bond motifs is 1. The van der Waals surface area contributed by atoms with Crippen LogP contribution in [0.25, 0.3) is 10.9 Å². The van der Waals surface area contributed by atoms with Gasteiger partial charge in [0.25, 0.3) is 5.91 Å². The molecule has 1 aromatic heterocycles. The summed E-state index contributed by atoms with van der Waals surface area (Å²) in [5.41, 5.74) is 4.28. The summed E-state index contributed by atoms with van der Waals surface area (Å²) in [6.45, 7) is 2.59. The molecule has 0 aliphatic rings. The van der Waals surface area contributed by atoms with Crippen LogP contribution in [0.4, 0.5) is 11.4 Å². The van der Waals surface area contributed by atoms with Crippen molar-refractivity contribution in [2.45, 2.75) is 19.9 Å². The lowest BCUT2D eigenvalue weighted by Gasteiger charge is -2.07. The van der Waals surface area contributed by atoms with Crippen molar-refractivity contribution in [2.75, 3.05) is 11.9 Å². The minimum atomic E-state index is -0.413. The summed E-state index contributed by atoms with van der Waals surface area (Å²) in [4.78, 5) is 12.3. The van der Waals surface area contributed by atoms with Crippen LogP contribution in [0.5, 0.6) is 5.88 Å². The molecule has 0 radical (unpaired) electrons. The summed E-state index contributed by atoms with van der Waals surface area (Å²) in [5.74, 6) is -0.399. The zero-order valence-corrected chi connectivity index (χ0v) is 17.3. The number of aryl methyl sites for hydroxylation is 3. The normalized spacial score (nSPS) is 11.3. The molecule has 0 saturated carbocycles. The van der Waals surface area contributed by atoms with Gasteiger partial charge in [0.15, 0.2) is 5.69 Å². The van der Waals surface area contributed by atoms with Crippen LogP contribution in [-0.2, 0) is 17.8 Å². The second kappa shape index (κ2) is 9.26. The van der Waals surface area contributed by atoms with Crippen molar-refractivity contribution in [1.82, 2.24) is 4.57 Å². The van der Waals surface area contributed by atoms with E-state index in [2.05, 4.69) is 27.7 Å². The number of aromatic hydroxyl groups is 1. The van der Waals surface area contributed by atoms with E-state index in [9.17, 15) is 9.90 Å². The highest BCUT2D eigenvalue weighted by Crippen LogP contribution is 2.38. The highest BCUT2D eigenvalue weighted by molar-refractivity contribution is 5.95. The Kier molecular flexibility index (Phi) is 6.08. The summed E-state index contributed by atoms with van der Waals surface area (Å²) in [6, 6.07) is 25.4. The Labute approximate surface area is 180 Å². The van der Waals surface area contributed by atoms with Gasteiger partial charge in [-0.25, -0.2) is 0 Å². The van der Waals surface area contributed by atoms with E-state index in [1.165, 1.54) is 5.56 Å². The number of amides is 1. The van der Waals surface area contributed by atoms with Gasteiger partial charge in [-0.05, 0) is 36.6 Å². The van der Waals surface area contributed by atoms with Gasteiger partial charge in [-0.3, -0.25) is 4.79 Å². The van der Waals surface area contributed by atoms with Crippen LogP contribution < -0.4 is 5.32 Å². The monoisotopic (exact) mass is 412 g/mol. The van der Waals surface area contributed by atoms with Crippen LogP contribution in [0.2, 0.25) is 0 Å². The molecule has 0 aliphatic heterocycles. The second-order valence-electron chi connectivity index (χ2n) is 7.34. The summed E-state index contributed by atoms with van der Waals surface area (Å²) in [6.07, 6.45) is 0.767. The lowest BCUT2D eigenvalue weighted by atomic mass is 10.1. The first kappa shape index (κ1) is 20.3. The van der Waals surface area contributed by atoms with Crippen LogP contribution in [0.1, 0.15) is 11.1 Å². The number of carbonyl (C=O) groups is 1. The predicted octanol–water partition coefficient (Wildman–Crippen LogP) is 5.62. The molecule has 0 atom stereocenters. The molecule has 156 valence electrons. The largest absolute Gasteiger partial charge is 0.493 e.